The van der Waals surface area contributed by atoms with Crippen molar-refractivity contribution in [3.05, 3.63) is 70.1 Å². The van der Waals surface area contributed by atoms with Crippen molar-refractivity contribution in [2.75, 3.05) is 0 Å². The van der Waals surface area contributed by atoms with Crippen molar-refractivity contribution in [1.29, 1.82) is 0 Å². The molecule has 0 fully saturated rings. The van der Waals surface area contributed by atoms with Crippen molar-refractivity contribution in [2.45, 2.75) is 6.54 Å². The van der Waals surface area contributed by atoms with Crippen molar-refractivity contribution < 1.29 is 13.6 Å². The molecule has 1 heterocycles. The molecule has 1 amide bonds. The largest absolute Gasteiger partial charge is 0.451 e. The molecule has 0 unspecified atom stereocenters. The molecule has 0 atom stereocenters. The van der Waals surface area contributed by atoms with Crippen LogP contribution in [0.25, 0.3) is 11.0 Å². The third-order valence-electron chi connectivity index (χ3n) is 3.05. The van der Waals surface area contributed by atoms with Crippen LogP contribution in [0.4, 0.5) is 4.39 Å². The lowest BCUT2D eigenvalue weighted by Gasteiger charge is -2.03. The summed E-state index contributed by atoms with van der Waals surface area (Å²) in [7, 11) is 0. The van der Waals surface area contributed by atoms with E-state index in [0.717, 1.165) is 9.86 Å². The van der Waals surface area contributed by atoms with E-state index in [9.17, 15) is 9.18 Å². The summed E-state index contributed by atoms with van der Waals surface area (Å²) in [6.07, 6.45) is 0. The Balaban J connectivity index is 1.74. The predicted molar refractivity (Wildman–Crippen MR) is 81.5 cm³/mol. The van der Waals surface area contributed by atoms with Crippen LogP contribution in [0.15, 0.2) is 57.4 Å². The molecule has 0 aliphatic carbocycles. The molecule has 2 aromatic carbocycles. The zero-order chi connectivity index (χ0) is 14.8. The van der Waals surface area contributed by atoms with Gasteiger partial charge in [-0.1, -0.05) is 28.1 Å². The normalized spacial score (nSPS) is 10.8. The molecule has 3 nitrogen and oxygen atoms in total. The Bertz CT molecular complexity index is 813. The topological polar surface area (TPSA) is 42.2 Å². The van der Waals surface area contributed by atoms with E-state index < -0.39 is 0 Å². The average Bonchev–Trinajstić information content (AvgIpc) is 2.88. The molecule has 5 heteroatoms. The quantitative estimate of drug-likeness (QED) is 0.768. The van der Waals surface area contributed by atoms with Crippen molar-refractivity contribution in [3.63, 3.8) is 0 Å². The zero-order valence-electron chi connectivity index (χ0n) is 10.9. The van der Waals surface area contributed by atoms with Gasteiger partial charge in [0, 0.05) is 16.4 Å². The van der Waals surface area contributed by atoms with Crippen LogP contribution < -0.4 is 5.32 Å². The van der Waals surface area contributed by atoms with Gasteiger partial charge in [-0.25, -0.2) is 4.39 Å². The third-order valence-corrected chi connectivity index (χ3v) is 3.54. The molecule has 21 heavy (non-hydrogen) atoms. The van der Waals surface area contributed by atoms with Gasteiger partial charge in [0.1, 0.15) is 11.4 Å². The highest BCUT2D eigenvalue weighted by Gasteiger charge is 2.12. The molecule has 0 saturated carbocycles. The summed E-state index contributed by atoms with van der Waals surface area (Å²) in [6.45, 7) is 0.247. The number of rotatable bonds is 3. The van der Waals surface area contributed by atoms with Crippen LogP contribution in [0.5, 0.6) is 0 Å². The first kappa shape index (κ1) is 13.8. The number of nitrogens with one attached hydrogen (secondary N) is 1. The lowest BCUT2D eigenvalue weighted by atomic mass is 10.2. The maximum Gasteiger partial charge on any atom is 0.287 e. The second-order valence-electron chi connectivity index (χ2n) is 4.61. The first-order valence-corrected chi connectivity index (χ1v) is 7.13. The number of hydrogen-bond donors (Lipinski definition) is 1. The van der Waals surface area contributed by atoms with Gasteiger partial charge in [0.05, 0.1) is 0 Å². The van der Waals surface area contributed by atoms with Crippen molar-refractivity contribution >= 4 is 32.8 Å². The van der Waals surface area contributed by atoms with E-state index in [1.807, 2.05) is 12.1 Å². The van der Waals surface area contributed by atoms with Crippen LogP contribution in [-0.4, -0.2) is 5.91 Å². The minimum absolute atomic E-state index is 0.236. The van der Waals surface area contributed by atoms with Gasteiger partial charge >= 0.3 is 0 Å². The molecular weight excluding hydrogens is 337 g/mol. The first-order valence-electron chi connectivity index (χ1n) is 6.33. The van der Waals surface area contributed by atoms with Gasteiger partial charge in [-0.3, -0.25) is 4.79 Å². The Morgan fingerprint density at radius 3 is 2.86 bits per heavy atom. The highest BCUT2D eigenvalue weighted by Crippen LogP contribution is 2.23. The Labute approximate surface area is 128 Å². The molecule has 0 aliphatic rings. The predicted octanol–water partition coefficient (Wildman–Crippen LogP) is 4.26. The number of halogens is 2. The minimum Gasteiger partial charge on any atom is -0.451 e. The van der Waals surface area contributed by atoms with Crippen LogP contribution in [0, 0.1) is 5.82 Å². The maximum absolute atomic E-state index is 13.1. The molecule has 0 radical (unpaired) electrons. The SMILES string of the molecule is O=C(NCc1cccc(F)c1)c1cc2ccc(Br)cc2o1. The summed E-state index contributed by atoms with van der Waals surface area (Å²) >= 11 is 3.35. The van der Waals surface area contributed by atoms with Gasteiger partial charge in [0.15, 0.2) is 5.76 Å². The summed E-state index contributed by atoms with van der Waals surface area (Å²) in [5.41, 5.74) is 1.34. The number of fused-ring (bicyclic) bond motifs is 1. The lowest BCUT2D eigenvalue weighted by molar-refractivity contribution is 0.0925. The molecular formula is C16H11BrFNO2. The third kappa shape index (κ3) is 3.13. The van der Waals surface area contributed by atoms with Gasteiger partial charge < -0.3 is 9.73 Å². The van der Waals surface area contributed by atoms with Gasteiger partial charge in [0.2, 0.25) is 0 Å². The molecule has 0 bridgehead atoms. The Kier molecular flexibility index (Phi) is 3.75. The molecule has 0 saturated heterocycles. The lowest BCUT2D eigenvalue weighted by Crippen LogP contribution is -2.22. The van der Waals surface area contributed by atoms with Gasteiger partial charge in [-0.15, -0.1) is 0 Å². The van der Waals surface area contributed by atoms with E-state index in [0.29, 0.717) is 11.1 Å². The van der Waals surface area contributed by atoms with Gasteiger partial charge in [0.25, 0.3) is 5.91 Å². The second-order valence-corrected chi connectivity index (χ2v) is 5.52. The van der Waals surface area contributed by atoms with E-state index >= 15 is 0 Å². The van der Waals surface area contributed by atoms with E-state index in [4.69, 9.17) is 4.42 Å². The van der Waals surface area contributed by atoms with Crippen LogP contribution in [-0.2, 0) is 6.54 Å². The number of amides is 1. The van der Waals surface area contributed by atoms with Crippen LogP contribution in [0.2, 0.25) is 0 Å². The van der Waals surface area contributed by atoms with E-state index in [-0.39, 0.29) is 24.0 Å². The number of carbonyl (C=O) groups is 1. The summed E-state index contributed by atoms with van der Waals surface area (Å²) in [5, 5.41) is 3.56. The monoisotopic (exact) mass is 347 g/mol. The molecule has 0 aliphatic heterocycles. The average molecular weight is 348 g/mol. The van der Waals surface area contributed by atoms with Crippen LogP contribution in [0.1, 0.15) is 16.1 Å². The molecule has 1 N–H and O–H groups in total. The summed E-state index contributed by atoms with van der Waals surface area (Å²) < 4.78 is 19.4. The Morgan fingerprint density at radius 2 is 2.05 bits per heavy atom. The smallest absolute Gasteiger partial charge is 0.287 e. The van der Waals surface area contributed by atoms with E-state index in [1.165, 1.54) is 12.1 Å². The Morgan fingerprint density at radius 1 is 1.19 bits per heavy atom. The van der Waals surface area contributed by atoms with E-state index in [2.05, 4.69) is 21.2 Å². The van der Waals surface area contributed by atoms with Gasteiger partial charge in [-0.05, 0) is 42.0 Å². The highest BCUT2D eigenvalue weighted by atomic mass is 79.9. The van der Waals surface area contributed by atoms with Gasteiger partial charge in [-0.2, -0.15) is 0 Å². The number of carbonyl (C=O) groups excluding carboxylic acids is 1. The van der Waals surface area contributed by atoms with Crippen LogP contribution in [0.3, 0.4) is 0 Å². The van der Waals surface area contributed by atoms with Crippen molar-refractivity contribution in [3.8, 4) is 0 Å². The fraction of sp³-hybridized carbons (Fsp3) is 0.0625. The van der Waals surface area contributed by atoms with Crippen LogP contribution >= 0.6 is 15.9 Å². The van der Waals surface area contributed by atoms with Crippen molar-refractivity contribution in [2.24, 2.45) is 0 Å². The Hall–Kier alpha value is -2.14. The highest BCUT2D eigenvalue weighted by molar-refractivity contribution is 9.10. The molecule has 3 aromatic rings. The molecule has 3 rings (SSSR count). The molecule has 0 spiro atoms. The standard InChI is InChI=1S/C16H11BrFNO2/c17-12-5-4-11-7-15(21-14(11)8-12)16(20)19-9-10-2-1-3-13(18)6-10/h1-8H,9H2,(H,19,20). The molecule has 106 valence electrons. The maximum atomic E-state index is 13.1. The zero-order valence-corrected chi connectivity index (χ0v) is 12.5. The first-order chi connectivity index (χ1) is 10.1. The summed E-state index contributed by atoms with van der Waals surface area (Å²) in [4.78, 5) is 12.0. The summed E-state index contributed by atoms with van der Waals surface area (Å²) in [5.74, 6) is -0.415. The van der Waals surface area contributed by atoms with Crippen molar-refractivity contribution in [1.82, 2.24) is 5.32 Å². The minimum atomic E-state index is -0.327. The fourth-order valence-electron chi connectivity index (χ4n) is 2.03. The second kappa shape index (κ2) is 5.69. The van der Waals surface area contributed by atoms with E-state index in [1.54, 1.807) is 24.3 Å². The molecule has 1 aromatic heterocycles. The fourth-order valence-corrected chi connectivity index (χ4v) is 2.37. The number of furan rings is 1. The number of hydrogen-bond acceptors (Lipinski definition) is 2. The summed E-state index contributed by atoms with van der Waals surface area (Å²) in [6, 6.07) is 13.3. The number of benzene rings is 2.